The van der Waals surface area contributed by atoms with Crippen LogP contribution >= 0.6 is 27.3 Å². The first-order valence-electron chi connectivity index (χ1n) is 5.37. The highest BCUT2D eigenvalue weighted by Gasteiger charge is 2.07. The Bertz CT molecular complexity index is 484. The molecule has 1 atom stereocenters. The summed E-state index contributed by atoms with van der Waals surface area (Å²) in [5, 5.41) is 5.44. The Morgan fingerprint density at radius 2 is 2.24 bits per heavy atom. The molecule has 2 aromatic rings. The average Bonchev–Trinajstić information content (AvgIpc) is 2.83. The van der Waals surface area contributed by atoms with Crippen LogP contribution in [-0.2, 0) is 6.54 Å². The first-order valence-corrected chi connectivity index (χ1v) is 7.05. The summed E-state index contributed by atoms with van der Waals surface area (Å²) in [5.74, 6) is -0.200. The van der Waals surface area contributed by atoms with E-state index in [1.807, 2.05) is 6.07 Å². The minimum atomic E-state index is -0.200. The summed E-state index contributed by atoms with van der Waals surface area (Å²) < 4.78 is 14.0. The van der Waals surface area contributed by atoms with Gasteiger partial charge in [0.2, 0.25) is 0 Å². The van der Waals surface area contributed by atoms with E-state index >= 15 is 0 Å². The third-order valence-corrected chi connectivity index (χ3v) is 4.41. The number of halogens is 2. The van der Waals surface area contributed by atoms with Gasteiger partial charge in [0, 0.05) is 21.9 Å². The zero-order valence-electron chi connectivity index (χ0n) is 9.41. The van der Waals surface area contributed by atoms with E-state index in [-0.39, 0.29) is 11.9 Å². The van der Waals surface area contributed by atoms with Crippen molar-refractivity contribution in [3.8, 4) is 0 Å². The van der Waals surface area contributed by atoms with Crippen molar-refractivity contribution in [2.45, 2.75) is 19.5 Å². The van der Waals surface area contributed by atoms with E-state index in [1.165, 1.54) is 10.9 Å². The van der Waals surface area contributed by atoms with Gasteiger partial charge in [-0.2, -0.15) is 0 Å². The molecule has 1 N–H and O–H groups in total. The van der Waals surface area contributed by atoms with Gasteiger partial charge in [-0.05, 0) is 42.1 Å². The molecule has 0 aliphatic rings. The van der Waals surface area contributed by atoms with Gasteiger partial charge in [-0.15, -0.1) is 11.3 Å². The summed E-state index contributed by atoms with van der Waals surface area (Å²) in [6.07, 6.45) is 0. The number of rotatable bonds is 4. The van der Waals surface area contributed by atoms with E-state index in [9.17, 15) is 4.39 Å². The van der Waals surface area contributed by atoms with Crippen LogP contribution in [0.4, 0.5) is 4.39 Å². The van der Waals surface area contributed by atoms with Crippen molar-refractivity contribution in [3.05, 3.63) is 56.4 Å². The minimum absolute atomic E-state index is 0.200. The van der Waals surface area contributed by atoms with E-state index in [4.69, 9.17) is 0 Å². The molecule has 1 nitrogen and oxygen atoms in total. The topological polar surface area (TPSA) is 12.0 Å². The molecule has 0 spiro atoms. The third kappa shape index (κ3) is 3.37. The summed E-state index contributed by atoms with van der Waals surface area (Å²) in [5.41, 5.74) is 0.938. The highest BCUT2D eigenvalue weighted by atomic mass is 79.9. The molecule has 90 valence electrons. The number of hydrogen-bond acceptors (Lipinski definition) is 2. The van der Waals surface area contributed by atoms with E-state index < -0.39 is 0 Å². The predicted molar refractivity (Wildman–Crippen MR) is 73.7 cm³/mol. The normalized spacial score (nSPS) is 12.6. The number of thiophene rings is 1. The standard InChI is InChI=1S/C13H13BrFNS/c1-9(13-3-2-6-17-13)16-8-10-7-11(15)4-5-12(10)14/h2-7,9,16H,8H2,1H3/t9-/m0/s1. The molecule has 17 heavy (non-hydrogen) atoms. The van der Waals surface area contributed by atoms with Crippen molar-refractivity contribution in [1.29, 1.82) is 0 Å². The molecule has 0 bridgehead atoms. The van der Waals surface area contributed by atoms with Gasteiger partial charge in [-0.25, -0.2) is 4.39 Å². The maximum Gasteiger partial charge on any atom is 0.123 e. The first kappa shape index (κ1) is 12.7. The van der Waals surface area contributed by atoms with Crippen molar-refractivity contribution in [2.24, 2.45) is 0 Å². The molecule has 0 saturated heterocycles. The smallest absolute Gasteiger partial charge is 0.123 e. The lowest BCUT2D eigenvalue weighted by Gasteiger charge is -2.13. The molecule has 2 rings (SSSR count). The fourth-order valence-corrected chi connectivity index (χ4v) is 2.73. The van der Waals surface area contributed by atoms with Gasteiger partial charge < -0.3 is 5.32 Å². The van der Waals surface area contributed by atoms with Crippen LogP contribution in [0.3, 0.4) is 0 Å². The summed E-state index contributed by atoms with van der Waals surface area (Å²) in [7, 11) is 0. The van der Waals surface area contributed by atoms with Crippen LogP contribution in [0.2, 0.25) is 0 Å². The molecule has 0 aliphatic carbocycles. The highest BCUT2D eigenvalue weighted by Crippen LogP contribution is 2.21. The van der Waals surface area contributed by atoms with Gasteiger partial charge in [0.15, 0.2) is 0 Å². The maximum atomic E-state index is 13.1. The lowest BCUT2D eigenvalue weighted by Crippen LogP contribution is -2.17. The Morgan fingerprint density at radius 1 is 1.41 bits per heavy atom. The Labute approximate surface area is 113 Å². The van der Waals surface area contributed by atoms with Gasteiger partial charge in [-0.1, -0.05) is 22.0 Å². The molecule has 0 unspecified atom stereocenters. The molecule has 1 heterocycles. The molecule has 1 aromatic carbocycles. The van der Waals surface area contributed by atoms with Crippen molar-refractivity contribution in [1.82, 2.24) is 5.32 Å². The molecule has 1 aromatic heterocycles. The predicted octanol–water partition coefficient (Wildman–Crippen LogP) is 4.50. The summed E-state index contributed by atoms with van der Waals surface area (Å²) in [6, 6.07) is 9.17. The van der Waals surface area contributed by atoms with Crippen LogP contribution in [-0.4, -0.2) is 0 Å². The lowest BCUT2D eigenvalue weighted by molar-refractivity contribution is 0.575. The number of benzene rings is 1. The fraction of sp³-hybridized carbons (Fsp3) is 0.231. The largest absolute Gasteiger partial charge is 0.305 e. The molecule has 0 aliphatic heterocycles. The SMILES string of the molecule is C[C@H](NCc1cc(F)ccc1Br)c1cccs1. The number of nitrogens with one attached hydrogen (secondary N) is 1. The summed E-state index contributed by atoms with van der Waals surface area (Å²) in [4.78, 5) is 1.29. The van der Waals surface area contributed by atoms with Crippen LogP contribution in [0.15, 0.2) is 40.2 Å². The molecule has 0 saturated carbocycles. The van der Waals surface area contributed by atoms with Crippen LogP contribution < -0.4 is 5.32 Å². The Hall–Kier alpha value is -0.710. The lowest BCUT2D eigenvalue weighted by atomic mass is 10.2. The van der Waals surface area contributed by atoms with Crippen LogP contribution in [0.1, 0.15) is 23.4 Å². The molecular weight excluding hydrogens is 301 g/mol. The quantitative estimate of drug-likeness (QED) is 0.876. The number of hydrogen-bond donors (Lipinski definition) is 1. The minimum Gasteiger partial charge on any atom is -0.305 e. The Kier molecular flexibility index (Phi) is 4.31. The van der Waals surface area contributed by atoms with E-state index in [1.54, 1.807) is 23.5 Å². The fourth-order valence-electron chi connectivity index (χ4n) is 1.58. The second-order valence-electron chi connectivity index (χ2n) is 3.85. The van der Waals surface area contributed by atoms with Crippen LogP contribution in [0.5, 0.6) is 0 Å². The van der Waals surface area contributed by atoms with E-state index in [0.717, 1.165) is 10.0 Å². The molecule has 0 amide bonds. The van der Waals surface area contributed by atoms with Gasteiger partial charge in [0.1, 0.15) is 5.82 Å². The molecular formula is C13H13BrFNS. The summed E-state index contributed by atoms with van der Waals surface area (Å²) >= 11 is 5.15. The maximum absolute atomic E-state index is 13.1. The van der Waals surface area contributed by atoms with Crippen molar-refractivity contribution in [3.63, 3.8) is 0 Å². The second kappa shape index (κ2) is 5.76. The van der Waals surface area contributed by atoms with Crippen LogP contribution in [0, 0.1) is 5.82 Å². The average molecular weight is 314 g/mol. The first-order chi connectivity index (χ1) is 8.16. The second-order valence-corrected chi connectivity index (χ2v) is 5.69. The van der Waals surface area contributed by atoms with Gasteiger partial charge in [0.05, 0.1) is 0 Å². The van der Waals surface area contributed by atoms with E-state index in [0.29, 0.717) is 6.54 Å². The van der Waals surface area contributed by atoms with Crippen LogP contribution in [0.25, 0.3) is 0 Å². The highest BCUT2D eigenvalue weighted by molar-refractivity contribution is 9.10. The van der Waals surface area contributed by atoms with Crippen molar-refractivity contribution >= 4 is 27.3 Å². The molecule has 0 radical (unpaired) electrons. The van der Waals surface area contributed by atoms with Crippen molar-refractivity contribution < 1.29 is 4.39 Å². The van der Waals surface area contributed by atoms with Crippen molar-refractivity contribution in [2.75, 3.05) is 0 Å². The van der Waals surface area contributed by atoms with Gasteiger partial charge in [-0.3, -0.25) is 0 Å². The molecule has 4 heteroatoms. The zero-order chi connectivity index (χ0) is 12.3. The molecule has 0 fully saturated rings. The zero-order valence-corrected chi connectivity index (χ0v) is 11.8. The summed E-state index contributed by atoms with van der Waals surface area (Å²) in [6.45, 7) is 2.76. The monoisotopic (exact) mass is 313 g/mol. The Morgan fingerprint density at radius 3 is 2.94 bits per heavy atom. The third-order valence-electron chi connectivity index (χ3n) is 2.58. The Balaban J connectivity index is 2.00. The van der Waals surface area contributed by atoms with E-state index in [2.05, 4.69) is 39.6 Å². The van der Waals surface area contributed by atoms with Gasteiger partial charge in [0.25, 0.3) is 0 Å². The van der Waals surface area contributed by atoms with Gasteiger partial charge >= 0.3 is 0 Å².